The molecule has 0 radical (unpaired) electrons. The van der Waals surface area contributed by atoms with Gasteiger partial charge in [-0.05, 0) is 25.5 Å². The van der Waals surface area contributed by atoms with Gasteiger partial charge in [-0.2, -0.15) is 4.98 Å². The first kappa shape index (κ1) is 16.6. The third-order valence-corrected chi connectivity index (χ3v) is 4.47. The highest BCUT2D eigenvalue weighted by Gasteiger charge is 2.49. The third-order valence-electron chi connectivity index (χ3n) is 4.47. The van der Waals surface area contributed by atoms with Crippen molar-refractivity contribution >= 4 is 12.2 Å². The molecule has 2 saturated heterocycles. The minimum absolute atomic E-state index is 0. The summed E-state index contributed by atoms with van der Waals surface area (Å²) in [5.74, 6) is 0. The van der Waals surface area contributed by atoms with Gasteiger partial charge in [-0.25, -0.2) is 9.37 Å². The highest BCUT2D eigenvalue weighted by atomic mass is 19.1. The molecule has 0 amide bonds. The minimum Gasteiger partial charge on any atom is -0.461 e. The quantitative estimate of drug-likeness (QED) is 0.836. The molecule has 5 heteroatoms. The van der Waals surface area contributed by atoms with Crippen molar-refractivity contribution in [3.63, 3.8) is 0 Å². The topological polar surface area (TPSA) is 38.2 Å². The maximum Gasteiger partial charge on any atom is 0.316 e. The van der Waals surface area contributed by atoms with Crippen LogP contribution in [0.3, 0.4) is 0 Å². The molecule has 0 aromatic carbocycles. The summed E-state index contributed by atoms with van der Waals surface area (Å²) in [6.45, 7) is 9.36. The average molecular weight is 305 g/mol. The molecule has 3 heterocycles. The van der Waals surface area contributed by atoms with Gasteiger partial charge in [0.1, 0.15) is 12.8 Å². The zero-order chi connectivity index (χ0) is 14.9. The average Bonchev–Trinajstić information content (AvgIpc) is 3.00. The Bertz CT molecular complexity index is 563. The second-order valence-electron chi connectivity index (χ2n) is 5.77. The van der Waals surface area contributed by atoms with Crippen molar-refractivity contribution in [2.75, 3.05) is 19.7 Å². The molecule has 2 aliphatic heterocycles. The van der Waals surface area contributed by atoms with E-state index in [1.54, 1.807) is 18.3 Å². The van der Waals surface area contributed by atoms with Crippen LogP contribution in [-0.4, -0.2) is 46.3 Å². The Morgan fingerprint density at radius 1 is 1.45 bits per heavy atom. The summed E-state index contributed by atoms with van der Waals surface area (Å²) in [6, 6.07) is 0.319. The molecule has 120 valence electrons. The molecule has 0 aliphatic carbocycles. The first-order valence-electron chi connectivity index (χ1n) is 7.31. The number of hydrogen-bond donors (Lipinski definition) is 0. The number of nitrogens with zero attached hydrogens (tertiary/aromatic N) is 3. The van der Waals surface area contributed by atoms with Crippen molar-refractivity contribution in [3.8, 4) is 6.01 Å². The van der Waals surface area contributed by atoms with Gasteiger partial charge in [0.2, 0.25) is 0 Å². The first-order valence-corrected chi connectivity index (χ1v) is 7.31. The Morgan fingerprint density at radius 3 is 3.00 bits per heavy atom. The molecule has 0 bridgehead atoms. The van der Waals surface area contributed by atoms with Gasteiger partial charge >= 0.3 is 6.01 Å². The fraction of sp³-hybridized carbons (Fsp3) is 0.529. The van der Waals surface area contributed by atoms with E-state index in [9.17, 15) is 4.39 Å². The van der Waals surface area contributed by atoms with Gasteiger partial charge < -0.3 is 4.74 Å². The van der Waals surface area contributed by atoms with Gasteiger partial charge in [0, 0.05) is 24.7 Å². The Balaban J connectivity index is 0.00000176. The molecular weight excluding hydrogens is 281 g/mol. The molecule has 22 heavy (non-hydrogen) atoms. The predicted octanol–water partition coefficient (Wildman–Crippen LogP) is 3.35. The first-order chi connectivity index (χ1) is 10.2. The SMILES string of the molecule is C.C=Cc1cnc(OC[C@@]23CCCN2C[C@H](F)C3)nc1C=C. The summed E-state index contributed by atoms with van der Waals surface area (Å²) < 4.78 is 19.5. The molecule has 0 spiro atoms. The molecule has 3 rings (SSSR count). The van der Waals surface area contributed by atoms with Gasteiger partial charge in [-0.1, -0.05) is 26.7 Å². The van der Waals surface area contributed by atoms with Crippen molar-refractivity contribution in [3.05, 3.63) is 30.6 Å². The lowest BCUT2D eigenvalue weighted by atomic mass is 9.95. The monoisotopic (exact) mass is 305 g/mol. The summed E-state index contributed by atoms with van der Waals surface area (Å²) in [5, 5.41) is 0. The van der Waals surface area contributed by atoms with E-state index in [-0.39, 0.29) is 13.0 Å². The van der Waals surface area contributed by atoms with E-state index in [0.29, 0.717) is 31.3 Å². The molecule has 1 aromatic rings. The highest BCUT2D eigenvalue weighted by molar-refractivity contribution is 5.59. The van der Waals surface area contributed by atoms with Crippen LogP contribution in [0.1, 0.15) is 37.9 Å². The second kappa shape index (κ2) is 6.57. The number of fused-ring (bicyclic) bond motifs is 1. The lowest BCUT2D eigenvalue weighted by Gasteiger charge is -2.30. The van der Waals surface area contributed by atoms with E-state index >= 15 is 0 Å². The fourth-order valence-corrected chi connectivity index (χ4v) is 3.43. The van der Waals surface area contributed by atoms with Crippen LogP contribution in [0.15, 0.2) is 19.4 Å². The van der Waals surface area contributed by atoms with Crippen molar-refractivity contribution in [1.29, 1.82) is 0 Å². The summed E-state index contributed by atoms with van der Waals surface area (Å²) in [6.07, 6.45) is 6.88. The summed E-state index contributed by atoms with van der Waals surface area (Å²) in [5.41, 5.74) is 1.35. The normalized spacial score (nSPS) is 27.0. The smallest absolute Gasteiger partial charge is 0.316 e. The molecule has 2 atom stereocenters. The van der Waals surface area contributed by atoms with Crippen LogP contribution in [0.25, 0.3) is 12.2 Å². The van der Waals surface area contributed by atoms with Crippen LogP contribution in [0.5, 0.6) is 6.01 Å². The molecule has 4 nitrogen and oxygen atoms in total. The van der Waals surface area contributed by atoms with E-state index in [1.165, 1.54) is 0 Å². The van der Waals surface area contributed by atoms with Gasteiger partial charge in [0.05, 0.1) is 11.2 Å². The predicted molar refractivity (Wildman–Crippen MR) is 87.5 cm³/mol. The summed E-state index contributed by atoms with van der Waals surface area (Å²) in [4.78, 5) is 10.7. The van der Waals surface area contributed by atoms with E-state index in [2.05, 4.69) is 28.0 Å². The van der Waals surface area contributed by atoms with E-state index in [4.69, 9.17) is 4.74 Å². The zero-order valence-corrected chi connectivity index (χ0v) is 12.1. The lowest BCUT2D eigenvalue weighted by Crippen LogP contribution is -2.43. The number of hydrogen-bond acceptors (Lipinski definition) is 4. The third kappa shape index (κ3) is 2.90. The van der Waals surface area contributed by atoms with Crippen molar-refractivity contribution in [2.45, 2.75) is 38.4 Å². The molecule has 0 saturated carbocycles. The molecule has 0 N–H and O–H groups in total. The van der Waals surface area contributed by atoms with Gasteiger partial charge in [-0.15, -0.1) is 0 Å². The number of alkyl halides is 1. The Labute approximate surface area is 131 Å². The van der Waals surface area contributed by atoms with Gasteiger partial charge in [-0.3, -0.25) is 4.90 Å². The molecular formula is C17H24FN3O. The van der Waals surface area contributed by atoms with Crippen LogP contribution < -0.4 is 4.74 Å². The lowest BCUT2D eigenvalue weighted by molar-refractivity contribution is 0.107. The minimum atomic E-state index is -0.748. The van der Waals surface area contributed by atoms with Crippen molar-refractivity contribution in [2.24, 2.45) is 0 Å². The molecule has 2 fully saturated rings. The number of aromatic nitrogens is 2. The number of halogens is 1. The van der Waals surface area contributed by atoms with Crippen molar-refractivity contribution < 1.29 is 9.13 Å². The van der Waals surface area contributed by atoms with Crippen LogP contribution >= 0.6 is 0 Å². The van der Waals surface area contributed by atoms with Crippen LogP contribution in [0, 0.1) is 0 Å². The maximum absolute atomic E-state index is 13.7. The standard InChI is InChI=1S/C16H20FN3O.CH4/c1-3-12-9-18-15(19-14(12)4-2)21-11-16-6-5-7-20(16)10-13(17)8-16;/h3-4,9,13H,1-2,5-8,10-11H2;1H4/t13-,16+;/m1./s1. The van der Waals surface area contributed by atoms with Crippen LogP contribution in [-0.2, 0) is 0 Å². The Kier molecular flexibility index (Phi) is 4.96. The Hall–Kier alpha value is -1.75. The Morgan fingerprint density at radius 2 is 2.27 bits per heavy atom. The van der Waals surface area contributed by atoms with Gasteiger partial charge in [0.15, 0.2) is 0 Å². The molecule has 0 unspecified atom stereocenters. The molecule has 2 aliphatic rings. The second-order valence-corrected chi connectivity index (χ2v) is 5.77. The zero-order valence-electron chi connectivity index (χ0n) is 12.1. The highest BCUT2D eigenvalue weighted by Crippen LogP contribution is 2.40. The summed E-state index contributed by atoms with van der Waals surface area (Å²) >= 11 is 0. The number of rotatable bonds is 5. The van der Waals surface area contributed by atoms with E-state index in [0.717, 1.165) is 24.9 Å². The summed E-state index contributed by atoms with van der Waals surface area (Å²) in [7, 11) is 0. The van der Waals surface area contributed by atoms with Gasteiger partial charge in [0.25, 0.3) is 0 Å². The fourth-order valence-electron chi connectivity index (χ4n) is 3.43. The largest absolute Gasteiger partial charge is 0.461 e. The molecule has 1 aromatic heterocycles. The van der Waals surface area contributed by atoms with Crippen molar-refractivity contribution in [1.82, 2.24) is 14.9 Å². The van der Waals surface area contributed by atoms with Crippen LogP contribution in [0.2, 0.25) is 0 Å². The van der Waals surface area contributed by atoms with E-state index < -0.39 is 6.17 Å². The number of ether oxygens (including phenoxy) is 1. The van der Waals surface area contributed by atoms with E-state index in [1.807, 2.05) is 0 Å². The van der Waals surface area contributed by atoms with Crippen LogP contribution in [0.4, 0.5) is 4.39 Å². The maximum atomic E-state index is 13.7.